The minimum absolute atomic E-state index is 0.0869. The number of nitrogens with zero attached hydrogens (tertiary/aromatic N) is 2. The molecular formula is C24H36N4O4. The number of aromatic nitrogens is 2. The molecule has 176 valence electrons. The molecule has 1 aromatic rings. The summed E-state index contributed by atoms with van der Waals surface area (Å²) in [7, 11) is 0. The number of ether oxygens (including phenoxy) is 1. The van der Waals surface area contributed by atoms with Crippen molar-refractivity contribution < 1.29 is 19.4 Å². The third kappa shape index (κ3) is 4.70. The highest BCUT2D eigenvalue weighted by Crippen LogP contribution is 2.55. The second-order valence-electron chi connectivity index (χ2n) is 10.9. The van der Waals surface area contributed by atoms with Gasteiger partial charge >= 0.3 is 0 Å². The van der Waals surface area contributed by atoms with Crippen molar-refractivity contribution in [3.63, 3.8) is 0 Å². The van der Waals surface area contributed by atoms with Gasteiger partial charge in [0.15, 0.2) is 0 Å². The zero-order valence-electron chi connectivity index (χ0n) is 19.7. The predicted molar refractivity (Wildman–Crippen MR) is 121 cm³/mol. The summed E-state index contributed by atoms with van der Waals surface area (Å²) in [6.45, 7) is 9.05. The molecule has 2 unspecified atom stereocenters. The fourth-order valence-electron chi connectivity index (χ4n) is 6.15. The summed E-state index contributed by atoms with van der Waals surface area (Å²) in [6.07, 6.45) is 9.56. The number of hydrogen-bond donors (Lipinski definition) is 3. The van der Waals surface area contributed by atoms with Crippen LogP contribution in [0.3, 0.4) is 0 Å². The molecule has 2 amide bonds. The minimum Gasteiger partial charge on any atom is -0.474 e. The molecule has 32 heavy (non-hydrogen) atoms. The molecule has 3 N–H and O–H groups in total. The van der Waals surface area contributed by atoms with E-state index in [-0.39, 0.29) is 24.0 Å². The van der Waals surface area contributed by atoms with Crippen LogP contribution in [0.1, 0.15) is 77.1 Å². The maximum Gasteiger partial charge on any atom is 0.258 e. The molecule has 0 aliphatic heterocycles. The van der Waals surface area contributed by atoms with Crippen molar-refractivity contribution in [1.29, 1.82) is 0 Å². The molecule has 4 fully saturated rings. The van der Waals surface area contributed by atoms with Crippen LogP contribution in [0, 0.1) is 17.8 Å². The summed E-state index contributed by atoms with van der Waals surface area (Å²) in [4.78, 5) is 24.7. The Morgan fingerprint density at radius 1 is 1.28 bits per heavy atom. The molecule has 0 spiro atoms. The summed E-state index contributed by atoms with van der Waals surface area (Å²) in [6, 6.07) is 0.0869. The van der Waals surface area contributed by atoms with Crippen molar-refractivity contribution >= 4 is 18.0 Å². The van der Waals surface area contributed by atoms with Crippen LogP contribution in [0.4, 0.5) is 0 Å². The van der Waals surface area contributed by atoms with Crippen LogP contribution in [0.2, 0.25) is 0 Å². The normalized spacial score (nSPS) is 31.3. The van der Waals surface area contributed by atoms with Crippen molar-refractivity contribution in [2.24, 2.45) is 17.8 Å². The van der Waals surface area contributed by atoms with Crippen molar-refractivity contribution in [1.82, 2.24) is 20.4 Å². The van der Waals surface area contributed by atoms with E-state index in [0.717, 1.165) is 32.1 Å². The summed E-state index contributed by atoms with van der Waals surface area (Å²) >= 11 is 0. The SMILES string of the molecule is CC(=O)NC(C)(C)C=Cn1ncc(C(=O)NC2C3CC4CC2CC(O)(C4)C3)c1OC(C)C. The number of carbonyl (C=O) groups excluding carboxylic acids is 2. The highest BCUT2D eigenvalue weighted by molar-refractivity contribution is 5.96. The lowest BCUT2D eigenvalue weighted by Gasteiger charge is -2.58. The Bertz CT molecular complexity index is 903. The number of hydrogen-bond acceptors (Lipinski definition) is 5. The largest absolute Gasteiger partial charge is 0.474 e. The Hall–Kier alpha value is -2.35. The van der Waals surface area contributed by atoms with Gasteiger partial charge in [0.1, 0.15) is 5.56 Å². The summed E-state index contributed by atoms with van der Waals surface area (Å²) in [5, 5.41) is 21.3. The third-order valence-electron chi connectivity index (χ3n) is 7.01. The van der Waals surface area contributed by atoms with E-state index in [4.69, 9.17) is 4.74 Å². The number of rotatable bonds is 7. The van der Waals surface area contributed by atoms with Crippen LogP contribution >= 0.6 is 0 Å². The van der Waals surface area contributed by atoms with Crippen LogP contribution in [-0.4, -0.2) is 50.0 Å². The molecule has 8 nitrogen and oxygen atoms in total. The van der Waals surface area contributed by atoms with Gasteiger partial charge in [-0.15, -0.1) is 0 Å². The van der Waals surface area contributed by atoms with Gasteiger partial charge in [0, 0.05) is 19.2 Å². The molecule has 0 radical (unpaired) electrons. The van der Waals surface area contributed by atoms with Crippen LogP contribution in [0.5, 0.6) is 5.88 Å². The van der Waals surface area contributed by atoms with Crippen LogP contribution in [0.25, 0.3) is 6.20 Å². The van der Waals surface area contributed by atoms with Gasteiger partial charge < -0.3 is 20.5 Å². The Morgan fingerprint density at radius 3 is 2.50 bits per heavy atom. The smallest absolute Gasteiger partial charge is 0.258 e. The molecule has 4 saturated carbocycles. The molecule has 1 heterocycles. The molecule has 5 rings (SSSR count). The molecule has 4 aliphatic carbocycles. The van der Waals surface area contributed by atoms with Gasteiger partial charge in [-0.3, -0.25) is 9.59 Å². The first kappa shape index (κ1) is 22.8. The van der Waals surface area contributed by atoms with Gasteiger partial charge in [0.25, 0.3) is 5.91 Å². The molecule has 1 aromatic heterocycles. The topological polar surface area (TPSA) is 105 Å². The van der Waals surface area contributed by atoms with Gasteiger partial charge in [-0.1, -0.05) is 0 Å². The van der Waals surface area contributed by atoms with Gasteiger partial charge in [-0.2, -0.15) is 5.10 Å². The lowest BCUT2D eigenvalue weighted by molar-refractivity contribution is -0.137. The average Bonchev–Trinajstić information content (AvgIpc) is 3.02. The zero-order chi connectivity index (χ0) is 23.3. The van der Waals surface area contributed by atoms with Crippen molar-refractivity contribution in [3.8, 4) is 5.88 Å². The number of carbonyl (C=O) groups is 2. The van der Waals surface area contributed by atoms with Gasteiger partial charge in [0.05, 0.1) is 23.4 Å². The van der Waals surface area contributed by atoms with E-state index >= 15 is 0 Å². The summed E-state index contributed by atoms with van der Waals surface area (Å²) in [5.41, 5.74) is -0.705. The van der Waals surface area contributed by atoms with E-state index < -0.39 is 11.1 Å². The third-order valence-corrected chi connectivity index (χ3v) is 7.01. The zero-order valence-corrected chi connectivity index (χ0v) is 19.7. The average molecular weight is 445 g/mol. The first-order valence-corrected chi connectivity index (χ1v) is 11.7. The number of amides is 2. The van der Waals surface area contributed by atoms with Gasteiger partial charge in [0.2, 0.25) is 11.8 Å². The second kappa shape index (κ2) is 8.21. The Morgan fingerprint density at radius 2 is 1.94 bits per heavy atom. The highest BCUT2D eigenvalue weighted by Gasteiger charge is 2.55. The van der Waals surface area contributed by atoms with Crippen LogP contribution < -0.4 is 15.4 Å². The maximum absolute atomic E-state index is 13.3. The van der Waals surface area contributed by atoms with E-state index in [1.165, 1.54) is 17.8 Å². The van der Waals surface area contributed by atoms with E-state index in [2.05, 4.69) is 15.7 Å². The fraction of sp³-hybridized carbons (Fsp3) is 0.708. The quantitative estimate of drug-likeness (QED) is 0.600. The first-order chi connectivity index (χ1) is 14.9. The molecule has 4 aliphatic rings. The monoisotopic (exact) mass is 444 g/mol. The molecule has 4 bridgehead atoms. The highest BCUT2D eigenvalue weighted by atomic mass is 16.5. The standard InChI is InChI=1S/C24H36N4O4/c1-14(2)32-22-19(13-25-28(22)7-6-23(4,5)27-15(3)29)21(30)26-20-17-8-16-9-18(20)12-24(31,10-16)11-17/h6-7,13-14,16-18,20,31H,8-12H2,1-5H3,(H,26,30)(H,27,29). The summed E-state index contributed by atoms with van der Waals surface area (Å²) in [5.74, 6) is 1.32. The first-order valence-electron chi connectivity index (χ1n) is 11.7. The predicted octanol–water partition coefficient (Wildman–Crippen LogP) is 2.73. The van der Waals surface area contributed by atoms with E-state index in [9.17, 15) is 14.7 Å². The molecular weight excluding hydrogens is 408 g/mol. The van der Waals surface area contributed by atoms with Crippen LogP contribution in [-0.2, 0) is 4.79 Å². The lowest BCUT2D eigenvalue weighted by atomic mass is 9.52. The van der Waals surface area contributed by atoms with E-state index in [0.29, 0.717) is 29.2 Å². The van der Waals surface area contributed by atoms with Crippen molar-refractivity contribution in [2.75, 3.05) is 0 Å². The maximum atomic E-state index is 13.3. The Balaban J connectivity index is 1.53. The number of aliphatic hydroxyl groups is 1. The fourth-order valence-corrected chi connectivity index (χ4v) is 6.15. The molecule has 0 saturated heterocycles. The van der Waals surface area contributed by atoms with E-state index in [1.54, 1.807) is 6.20 Å². The molecule has 8 heteroatoms. The van der Waals surface area contributed by atoms with Gasteiger partial charge in [-0.05, 0) is 83.6 Å². The minimum atomic E-state index is -0.573. The van der Waals surface area contributed by atoms with Crippen molar-refractivity contribution in [3.05, 3.63) is 17.8 Å². The van der Waals surface area contributed by atoms with E-state index in [1.807, 2.05) is 33.8 Å². The lowest BCUT2D eigenvalue weighted by Crippen LogP contribution is -2.61. The molecule has 2 atom stereocenters. The number of nitrogens with one attached hydrogen (secondary N) is 2. The Labute approximate surface area is 189 Å². The van der Waals surface area contributed by atoms with Crippen molar-refractivity contribution in [2.45, 2.75) is 90.0 Å². The molecule has 0 aromatic carbocycles. The second-order valence-corrected chi connectivity index (χ2v) is 10.9. The Kier molecular flexibility index (Phi) is 5.86. The van der Waals surface area contributed by atoms with Crippen LogP contribution in [0.15, 0.2) is 12.3 Å². The van der Waals surface area contributed by atoms with Gasteiger partial charge in [-0.25, -0.2) is 4.68 Å². The summed E-state index contributed by atoms with van der Waals surface area (Å²) < 4.78 is 7.51.